The molecule has 0 saturated heterocycles. The molecule has 1 atom stereocenters. The number of amidine groups is 1. The molecule has 0 spiro atoms. The molecule has 1 heterocycles. The van der Waals surface area contributed by atoms with Crippen LogP contribution in [0.15, 0.2) is 58.4 Å². The molecular formula is C22H25N3O3S. The largest absolute Gasteiger partial charge is 0.338 e. The quantitative estimate of drug-likeness (QED) is 0.821. The van der Waals surface area contributed by atoms with Crippen LogP contribution in [0.4, 0.5) is 0 Å². The first kappa shape index (κ1) is 19.6. The number of nitrogens with one attached hydrogen (secondary N) is 1. The summed E-state index contributed by atoms with van der Waals surface area (Å²) in [5, 5.41) is 0. The van der Waals surface area contributed by atoms with Crippen molar-refractivity contribution in [2.75, 3.05) is 13.1 Å². The Morgan fingerprint density at radius 1 is 1.14 bits per heavy atom. The second kappa shape index (κ2) is 7.99. The van der Waals surface area contributed by atoms with Gasteiger partial charge in [0.25, 0.3) is 10.0 Å². The van der Waals surface area contributed by atoms with Crippen molar-refractivity contribution in [2.45, 2.75) is 43.5 Å². The van der Waals surface area contributed by atoms with Gasteiger partial charge in [0, 0.05) is 18.2 Å². The molecule has 2 aromatic carbocycles. The molecule has 29 heavy (non-hydrogen) atoms. The summed E-state index contributed by atoms with van der Waals surface area (Å²) in [4.78, 5) is 19.5. The van der Waals surface area contributed by atoms with E-state index in [-0.39, 0.29) is 29.2 Å². The van der Waals surface area contributed by atoms with Crippen molar-refractivity contribution < 1.29 is 13.2 Å². The highest BCUT2D eigenvalue weighted by atomic mass is 32.2. The molecule has 1 aliphatic heterocycles. The number of nitrogens with zero attached hydrogens (tertiary/aromatic N) is 2. The van der Waals surface area contributed by atoms with E-state index in [9.17, 15) is 13.2 Å². The standard InChI is InChI=1S/C22H25N3O3S/c1-2-13-25(18-12-11-16-7-3-4-8-17(16)14-18)21(26)15-23-22-19-9-5-6-10-20(19)29(27,28)24-22/h3-10,18H,2,11-15H2,1H3,(H,23,24). The average molecular weight is 412 g/mol. The number of sulfonamides is 1. The minimum atomic E-state index is -3.59. The van der Waals surface area contributed by atoms with Gasteiger partial charge >= 0.3 is 0 Å². The van der Waals surface area contributed by atoms with Crippen molar-refractivity contribution in [1.29, 1.82) is 0 Å². The first-order valence-corrected chi connectivity index (χ1v) is 11.5. The van der Waals surface area contributed by atoms with Crippen molar-refractivity contribution in [3.63, 3.8) is 0 Å². The molecule has 0 saturated carbocycles. The van der Waals surface area contributed by atoms with E-state index in [2.05, 4.69) is 34.8 Å². The van der Waals surface area contributed by atoms with Gasteiger partial charge in [-0.3, -0.25) is 14.5 Å². The summed E-state index contributed by atoms with van der Waals surface area (Å²) in [7, 11) is -3.59. The summed E-state index contributed by atoms with van der Waals surface area (Å²) in [6, 6.07) is 15.3. The van der Waals surface area contributed by atoms with Crippen LogP contribution in [-0.2, 0) is 27.7 Å². The molecular weight excluding hydrogens is 386 g/mol. The molecule has 6 nitrogen and oxygen atoms in total. The summed E-state index contributed by atoms with van der Waals surface area (Å²) in [5.41, 5.74) is 3.19. The fraction of sp³-hybridized carbons (Fsp3) is 0.364. The summed E-state index contributed by atoms with van der Waals surface area (Å²) < 4.78 is 26.9. The van der Waals surface area contributed by atoms with Crippen LogP contribution < -0.4 is 4.72 Å². The lowest BCUT2D eigenvalue weighted by Crippen LogP contribution is -2.45. The van der Waals surface area contributed by atoms with Crippen LogP contribution >= 0.6 is 0 Å². The number of amides is 1. The van der Waals surface area contributed by atoms with E-state index in [1.165, 1.54) is 11.1 Å². The zero-order chi connectivity index (χ0) is 20.4. The zero-order valence-electron chi connectivity index (χ0n) is 16.5. The maximum Gasteiger partial charge on any atom is 0.263 e. The molecule has 0 bridgehead atoms. The fourth-order valence-corrected chi connectivity index (χ4v) is 5.44. The average Bonchev–Trinajstić information content (AvgIpc) is 3.00. The molecule has 7 heteroatoms. The third kappa shape index (κ3) is 3.92. The van der Waals surface area contributed by atoms with Crippen molar-refractivity contribution >= 4 is 21.8 Å². The molecule has 2 aromatic rings. The van der Waals surface area contributed by atoms with Gasteiger partial charge in [-0.2, -0.15) is 0 Å². The van der Waals surface area contributed by atoms with E-state index in [4.69, 9.17) is 0 Å². The molecule has 1 amide bonds. The number of rotatable bonds is 5. The molecule has 152 valence electrons. The van der Waals surface area contributed by atoms with Gasteiger partial charge in [0.05, 0.1) is 4.90 Å². The zero-order valence-corrected chi connectivity index (χ0v) is 17.3. The monoisotopic (exact) mass is 411 g/mol. The smallest absolute Gasteiger partial charge is 0.263 e. The van der Waals surface area contributed by atoms with Crippen molar-refractivity contribution in [2.24, 2.45) is 4.99 Å². The van der Waals surface area contributed by atoms with Crippen LogP contribution in [0.2, 0.25) is 0 Å². The van der Waals surface area contributed by atoms with Crippen LogP contribution in [-0.4, -0.2) is 44.2 Å². The molecule has 0 radical (unpaired) electrons. The summed E-state index contributed by atoms with van der Waals surface area (Å²) in [6.45, 7) is 2.67. The Morgan fingerprint density at radius 2 is 1.86 bits per heavy atom. The number of benzene rings is 2. The molecule has 0 aromatic heterocycles. The minimum Gasteiger partial charge on any atom is -0.338 e. The van der Waals surface area contributed by atoms with Gasteiger partial charge in [-0.1, -0.05) is 43.3 Å². The van der Waals surface area contributed by atoms with Gasteiger partial charge in [0.2, 0.25) is 5.91 Å². The molecule has 2 aliphatic rings. The van der Waals surface area contributed by atoms with Gasteiger partial charge in [-0.05, 0) is 48.9 Å². The highest BCUT2D eigenvalue weighted by Crippen LogP contribution is 2.25. The maximum atomic E-state index is 13.0. The minimum absolute atomic E-state index is 0.0627. The Labute approximate surface area is 171 Å². The lowest BCUT2D eigenvalue weighted by Gasteiger charge is -2.35. The Kier molecular flexibility index (Phi) is 5.41. The van der Waals surface area contributed by atoms with Crippen molar-refractivity contribution in [3.05, 3.63) is 65.2 Å². The maximum absolute atomic E-state index is 13.0. The number of aryl methyl sites for hydroxylation is 1. The molecule has 1 N–H and O–H groups in total. The first-order chi connectivity index (χ1) is 14.0. The van der Waals surface area contributed by atoms with E-state index >= 15 is 0 Å². The van der Waals surface area contributed by atoms with Crippen LogP contribution in [0.1, 0.15) is 36.5 Å². The lowest BCUT2D eigenvalue weighted by molar-refractivity contribution is -0.132. The third-order valence-corrected chi connectivity index (χ3v) is 6.98. The predicted octanol–water partition coefficient (Wildman–Crippen LogP) is 2.52. The van der Waals surface area contributed by atoms with Gasteiger partial charge in [0.15, 0.2) is 0 Å². The van der Waals surface area contributed by atoms with E-state index in [0.717, 1.165) is 25.7 Å². The topological polar surface area (TPSA) is 78.8 Å². The second-order valence-electron chi connectivity index (χ2n) is 7.52. The van der Waals surface area contributed by atoms with Gasteiger partial charge in [-0.25, -0.2) is 8.42 Å². The van der Waals surface area contributed by atoms with E-state index in [1.54, 1.807) is 24.3 Å². The van der Waals surface area contributed by atoms with E-state index in [0.29, 0.717) is 12.1 Å². The van der Waals surface area contributed by atoms with Crippen LogP contribution in [0, 0.1) is 0 Å². The summed E-state index contributed by atoms with van der Waals surface area (Å²) >= 11 is 0. The number of carbonyl (C=O) groups excluding carboxylic acids is 1. The Balaban J connectivity index is 1.51. The second-order valence-corrected chi connectivity index (χ2v) is 9.17. The lowest BCUT2D eigenvalue weighted by atomic mass is 9.87. The van der Waals surface area contributed by atoms with E-state index < -0.39 is 10.0 Å². The van der Waals surface area contributed by atoms with E-state index in [1.807, 2.05) is 11.0 Å². The van der Waals surface area contributed by atoms with Gasteiger partial charge in [0.1, 0.15) is 12.4 Å². The van der Waals surface area contributed by atoms with Gasteiger partial charge < -0.3 is 4.90 Å². The molecule has 1 aliphatic carbocycles. The third-order valence-electron chi connectivity index (χ3n) is 5.58. The van der Waals surface area contributed by atoms with Crippen molar-refractivity contribution in [3.8, 4) is 0 Å². The van der Waals surface area contributed by atoms with Gasteiger partial charge in [-0.15, -0.1) is 0 Å². The summed E-state index contributed by atoms with van der Waals surface area (Å²) in [5.74, 6) is 0.187. The number of aliphatic imine (C=N–C) groups is 1. The SMILES string of the molecule is CCCN(C(=O)CN=C1NS(=O)(=O)c2ccccc21)C1CCc2ccccc2C1. The van der Waals surface area contributed by atoms with Crippen LogP contribution in [0.3, 0.4) is 0 Å². The van der Waals surface area contributed by atoms with Crippen LogP contribution in [0.5, 0.6) is 0 Å². The fourth-order valence-electron chi connectivity index (χ4n) is 4.19. The number of carbonyl (C=O) groups is 1. The first-order valence-electron chi connectivity index (χ1n) is 10.0. The number of hydrogen-bond donors (Lipinski definition) is 1. The molecule has 4 rings (SSSR count). The van der Waals surface area contributed by atoms with Crippen molar-refractivity contribution in [1.82, 2.24) is 9.62 Å². The number of fused-ring (bicyclic) bond motifs is 2. The summed E-state index contributed by atoms with van der Waals surface area (Å²) in [6.07, 6.45) is 3.63. The highest BCUT2D eigenvalue weighted by molar-refractivity contribution is 7.90. The Hall–Kier alpha value is -2.67. The molecule has 0 fully saturated rings. The Bertz CT molecular complexity index is 1060. The normalized spacial score (nSPS) is 20.6. The number of hydrogen-bond acceptors (Lipinski definition) is 4. The predicted molar refractivity (Wildman–Crippen MR) is 112 cm³/mol. The van der Waals surface area contributed by atoms with Crippen LogP contribution in [0.25, 0.3) is 0 Å². The molecule has 1 unspecified atom stereocenters. The highest BCUT2D eigenvalue weighted by Gasteiger charge is 2.31. The Morgan fingerprint density at radius 3 is 2.66 bits per heavy atom.